The molecule has 130 valence electrons. The number of aliphatic hydroxyl groups is 4. The molecule has 1 aliphatic rings. The number of aromatic amines is 1. The van der Waals surface area contributed by atoms with Crippen molar-refractivity contribution in [3.63, 3.8) is 0 Å². The van der Waals surface area contributed by atoms with Crippen LogP contribution >= 0.6 is 0 Å². The van der Waals surface area contributed by atoms with Gasteiger partial charge in [0.1, 0.15) is 18.3 Å². The number of ether oxygens (including phenoxy) is 2. The van der Waals surface area contributed by atoms with Gasteiger partial charge in [0, 0.05) is 12.4 Å². The molecule has 1 aromatic carbocycles. The summed E-state index contributed by atoms with van der Waals surface area (Å²) in [5.74, 6) is -2.83. The van der Waals surface area contributed by atoms with Crippen LogP contribution in [0, 0.1) is 0 Å². The zero-order valence-corrected chi connectivity index (χ0v) is 12.9. The number of fused-ring (bicyclic) bond motifs is 1. The van der Waals surface area contributed by atoms with Gasteiger partial charge in [-0.15, -0.1) is 0 Å². The maximum atomic E-state index is 11.6. The van der Waals surface area contributed by atoms with E-state index in [1.54, 1.807) is 24.3 Å². The zero-order valence-electron chi connectivity index (χ0n) is 12.9. The van der Waals surface area contributed by atoms with Gasteiger partial charge in [0.15, 0.2) is 6.10 Å². The van der Waals surface area contributed by atoms with Crippen molar-refractivity contribution in [1.29, 1.82) is 0 Å². The minimum atomic E-state index is -2.07. The normalized spacial score (nSPS) is 33.5. The van der Waals surface area contributed by atoms with E-state index in [1.165, 1.54) is 0 Å². The highest BCUT2D eigenvalue weighted by atomic mass is 16.7. The van der Waals surface area contributed by atoms with E-state index in [1.807, 2.05) is 6.07 Å². The Hall–Kier alpha value is -1.97. The highest BCUT2D eigenvalue weighted by Gasteiger charge is 2.58. The minimum Gasteiger partial charge on any atom is -0.424 e. The number of carbonyl (C=O) groups excluding carboxylic acids is 1. The monoisotopic (exact) mass is 337 g/mol. The summed E-state index contributed by atoms with van der Waals surface area (Å²) in [6.45, 7) is 0.500. The third-order valence-corrected chi connectivity index (χ3v) is 4.15. The number of H-pyrrole nitrogens is 1. The smallest absolute Gasteiger partial charge is 0.305 e. The Balaban J connectivity index is 2.14. The van der Waals surface area contributed by atoms with Gasteiger partial charge in [-0.05, 0) is 17.5 Å². The van der Waals surface area contributed by atoms with Crippen LogP contribution < -0.4 is 0 Å². The Bertz CT molecular complexity index is 710. The Morgan fingerprint density at radius 2 is 2.00 bits per heavy atom. The molecule has 0 bridgehead atoms. The molecule has 8 nitrogen and oxygen atoms in total. The molecule has 1 unspecified atom stereocenters. The van der Waals surface area contributed by atoms with Crippen molar-refractivity contribution in [3.05, 3.63) is 36.0 Å². The second-order valence-corrected chi connectivity index (χ2v) is 5.80. The van der Waals surface area contributed by atoms with Crippen molar-refractivity contribution >= 4 is 16.9 Å². The topological polar surface area (TPSA) is 132 Å². The Labute approximate surface area is 137 Å². The lowest BCUT2D eigenvalue weighted by Crippen LogP contribution is -2.64. The third-order valence-electron chi connectivity index (χ3n) is 4.15. The molecule has 8 heteroatoms. The molecular weight excluding hydrogens is 318 g/mol. The molecule has 0 aliphatic carbocycles. The van der Waals surface area contributed by atoms with Crippen LogP contribution in [0.3, 0.4) is 0 Å². The molecule has 5 atom stereocenters. The Morgan fingerprint density at radius 3 is 2.62 bits per heavy atom. The molecule has 5 N–H and O–H groups in total. The number of hydrogen-bond donors (Lipinski definition) is 5. The largest absolute Gasteiger partial charge is 0.424 e. The Kier molecular flexibility index (Phi) is 4.33. The van der Waals surface area contributed by atoms with Gasteiger partial charge in [0.2, 0.25) is 0 Å². The summed E-state index contributed by atoms with van der Waals surface area (Å²) < 4.78 is 10.8. The number of carbonyl (C=O) groups is 1. The minimum absolute atomic E-state index is 0.191. The first-order chi connectivity index (χ1) is 11.4. The van der Waals surface area contributed by atoms with E-state index in [0.29, 0.717) is 5.52 Å². The van der Waals surface area contributed by atoms with E-state index in [9.17, 15) is 25.2 Å². The second kappa shape index (κ2) is 6.15. The van der Waals surface area contributed by atoms with Gasteiger partial charge in [0.05, 0.1) is 12.3 Å². The fourth-order valence-electron chi connectivity index (χ4n) is 2.98. The van der Waals surface area contributed by atoms with Crippen LogP contribution in [0.4, 0.5) is 0 Å². The molecule has 2 heterocycles. The maximum absolute atomic E-state index is 11.6. The molecule has 1 aliphatic heterocycles. The van der Waals surface area contributed by atoms with Crippen LogP contribution in [0.2, 0.25) is 0 Å². The maximum Gasteiger partial charge on any atom is 0.305 e. The lowest BCUT2D eigenvalue weighted by molar-refractivity contribution is -0.360. The predicted molar refractivity (Wildman–Crippen MR) is 81.7 cm³/mol. The molecule has 24 heavy (non-hydrogen) atoms. The SMILES string of the molecule is CC(=O)OC1(c2cc3ccccc3[nH]2)O[C@H](CO)[C@@H](O)[C@H](O)[C@H]1O. The number of benzene rings is 1. The Morgan fingerprint density at radius 1 is 1.29 bits per heavy atom. The summed E-state index contributed by atoms with van der Waals surface area (Å²) >= 11 is 0. The van der Waals surface area contributed by atoms with Gasteiger partial charge < -0.3 is 34.9 Å². The molecule has 1 aromatic heterocycles. The average Bonchev–Trinajstić information content (AvgIpc) is 2.99. The van der Waals surface area contributed by atoms with E-state index < -0.39 is 42.8 Å². The van der Waals surface area contributed by atoms with Crippen LogP contribution in [-0.4, -0.2) is 62.4 Å². The molecule has 1 saturated heterocycles. The number of esters is 1. The van der Waals surface area contributed by atoms with E-state index in [-0.39, 0.29) is 5.69 Å². The molecule has 0 radical (unpaired) electrons. The molecular formula is C16H19NO7. The summed E-state index contributed by atoms with van der Waals surface area (Å²) in [7, 11) is 0. The van der Waals surface area contributed by atoms with Gasteiger partial charge >= 0.3 is 5.97 Å². The lowest BCUT2D eigenvalue weighted by atomic mass is 9.90. The standard InChI is InChI=1S/C16H19NO7/c1-8(19)23-16(12-6-9-4-2-3-5-10(9)17-12)15(22)14(21)13(20)11(7-18)24-16/h2-6,11,13-15,17-18,20-22H,7H2,1H3/t11-,13-,14+,15-,16?/m1/s1. The van der Waals surface area contributed by atoms with Crippen molar-refractivity contribution in [2.45, 2.75) is 37.1 Å². The van der Waals surface area contributed by atoms with Gasteiger partial charge in [-0.2, -0.15) is 0 Å². The first kappa shape index (κ1) is 16.9. The second-order valence-electron chi connectivity index (χ2n) is 5.80. The molecule has 3 rings (SSSR count). The molecule has 1 fully saturated rings. The highest BCUT2D eigenvalue weighted by molar-refractivity contribution is 5.80. The van der Waals surface area contributed by atoms with Gasteiger partial charge in [-0.25, -0.2) is 0 Å². The van der Waals surface area contributed by atoms with Crippen LogP contribution in [0.5, 0.6) is 0 Å². The fraction of sp³-hybridized carbons (Fsp3) is 0.438. The molecule has 0 amide bonds. The fourth-order valence-corrected chi connectivity index (χ4v) is 2.98. The van der Waals surface area contributed by atoms with Crippen molar-refractivity contribution < 1.29 is 34.7 Å². The van der Waals surface area contributed by atoms with Crippen molar-refractivity contribution in [2.24, 2.45) is 0 Å². The molecule has 0 saturated carbocycles. The summed E-state index contributed by atoms with van der Waals surface area (Å²) in [4.78, 5) is 14.6. The van der Waals surface area contributed by atoms with E-state index in [4.69, 9.17) is 9.47 Å². The number of aliphatic hydroxyl groups excluding tert-OH is 4. The van der Waals surface area contributed by atoms with Gasteiger partial charge in [0.25, 0.3) is 5.79 Å². The van der Waals surface area contributed by atoms with Crippen LogP contribution in [0.1, 0.15) is 12.6 Å². The van der Waals surface area contributed by atoms with Crippen molar-refractivity contribution in [1.82, 2.24) is 4.98 Å². The third kappa shape index (κ3) is 2.58. The quantitative estimate of drug-likeness (QED) is 0.471. The number of hydrogen-bond acceptors (Lipinski definition) is 7. The highest BCUT2D eigenvalue weighted by Crippen LogP contribution is 2.40. The van der Waals surface area contributed by atoms with E-state index in [2.05, 4.69) is 4.98 Å². The molecule has 0 spiro atoms. The van der Waals surface area contributed by atoms with Gasteiger partial charge in [-0.1, -0.05) is 18.2 Å². The number of nitrogens with one attached hydrogen (secondary N) is 1. The summed E-state index contributed by atoms with van der Waals surface area (Å²) in [5, 5.41) is 40.7. The first-order valence-corrected chi connectivity index (χ1v) is 7.49. The summed E-state index contributed by atoms with van der Waals surface area (Å²) in [6, 6.07) is 8.81. The van der Waals surface area contributed by atoms with Crippen molar-refractivity contribution in [2.75, 3.05) is 6.61 Å². The summed E-state index contributed by atoms with van der Waals surface area (Å²) in [6.07, 6.45) is -6.21. The number of aromatic nitrogens is 1. The van der Waals surface area contributed by atoms with E-state index >= 15 is 0 Å². The number of rotatable bonds is 3. The molecule has 2 aromatic rings. The van der Waals surface area contributed by atoms with E-state index in [0.717, 1.165) is 12.3 Å². The van der Waals surface area contributed by atoms with Crippen LogP contribution in [0.15, 0.2) is 30.3 Å². The van der Waals surface area contributed by atoms with Crippen LogP contribution in [0.25, 0.3) is 10.9 Å². The zero-order chi connectivity index (χ0) is 17.5. The lowest BCUT2D eigenvalue weighted by Gasteiger charge is -2.46. The average molecular weight is 337 g/mol. The summed E-state index contributed by atoms with van der Waals surface area (Å²) in [5.41, 5.74) is 0.895. The van der Waals surface area contributed by atoms with Crippen LogP contribution in [-0.2, 0) is 20.1 Å². The number of para-hydroxylation sites is 1. The first-order valence-electron chi connectivity index (χ1n) is 7.49. The van der Waals surface area contributed by atoms with Gasteiger partial charge in [-0.3, -0.25) is 4.79 Å². The predicted octanol–water partition coefficient (Wildman–Crippen LogP) is -0.642. The van der Waals surface area contributed by atoms with Crippen molar-refractivity contribution in [3.8, 4) is 0 Å².